The number of hydrogen-bond donors (Lipinski definition) is 1. The molecule has 8 heteroatoms. The molecule has 0 aliphatic carbocycles. The van der Waals surface area contributed by atoms with Gasteiger partial charge in [-0.1, -0.05) is 23.9 Å². The molecule has 23 heavy (non-hydrogen) atoms. The molecule has 1 saturated heterocycles. The second-order valence-corrected chi connectivity index (χ2v) is 6.60. The molecule has 1 unspecified atom stereocenters. The van der Waals surface area contributed by atoms with Gasteiger partial charge < -0.3 is 10.1 Å². The first-order valence-electron chi connectivity index (χ1n) is 7.69. The topological polar surface area (TPSA) is 80.0 Å². The number of ether oxygens (including phenoxy) is 1. The summed E-state index contributed by atoms with van der Waals surface area (Å²) in [5.74, 6) is 0.746. The molecule has 124 valence electrons. The van der Waals surface area contributed by atoms with Crippen molar-refractivity contribution in [3.8, 4) is 0 Å². The molecule has 0 saturated carbocycles. The first-order valence-corrected chi connectivity index (χ1v) is 8.68. The first kappa shape index (κ1) is 16.2. The molecule has 0 radical (unpaired) electrons. The summed E-state index contributed by atoms with van der Waals surface area (Å²) in [4.78, 5) is 17.0. The summed E-state index contributed by atoms with van der Waals surface area (Å²) < 4.78 is 5.64. The summed E-state index contributed by atoms with van der Waals surface area (Å²) in [5.41, 5.74) is 1.17. The molecule has 1 aromatic rings. The van der Waals surface area contributed by atoms with Gasteiger partial charge in [0.2, 0.25) is 0 Å². The smallest absolute Gasteiger partial charge is 0.269 e. The van der Waals surface area contributed by atoms with Crippen LogP contribution in [-0.2, 0) is 10.5 Å². The Bertz CT molecular complexity index is 573. The second kappa shape index (κ2) is 7.76. The summed E-state index contributed by atoms with van der Waals surface area (Å²) in [6, 6.07) is 6.65. The molecule has 2 heterocycles. The van der Waals surface area contributed by atoms with Gasteiger partial charge in [0.15, 0.2) is 5.17 Å². The Morgan fingerprint density at radius 3 is 2.87 bits per heavy atom. The SMILES string of the molecule is O=[N+]([O-])c1ccc(CSC2=NCN(CC3CCCO3)CN2)cc1. The van der Waals surface area contributed by atoms with Crippen LogP contribution in [0.2, 0.25) is 0 Å². The number of rotatable bonds is 5. The van der Waals surface area contributed by atoms with Crippen LogP contribution in [0.25, 0.3) is 0 Å². The van der Waals surface area contributed by atoms with Gasteiger partial charge in [0.25, 0.3) is 5.69 Å². The van der Waals surface area contributed by atoms with Crippen LogP contribution in [0.15, 0.2) is 29.3 Å². The molecule has 3 rings (SSSR count). The van der Waals surface area contributed by atoms with Gasteiger partial charge in [0, 0.05) is 31.0 Å². The van der Waals surface area contributed by atoms with E-state index in [2.05, 4.69) is 15.2 Å². The van der Waals surface area contributed by atoms with Crippen molar-refractivity contribution in [1.82, 2.24) is 10.2 Å². The van der Waals surface area contributed by atoms with E-state index in [-0.39, 0.29) is 10.6 Å². The number of benzene rings is 1. The van der Waals surface area contributed by atoms with Crippen LogP contribution in [0.3, 0.4) is 0 Å². The van der Waals surface area contributed by atoms with E-state index in [4.69, 9.17) is 4.74 Å². The predicted molar refractivity (Wildman–Crippen MR) is 90.4 cm³/mol. The molecule has 1 aromatic carbocycles. The van der Waals surface area contributed by atoms with Crippen LogP contribution in [0.4, 0.5) is 5.69 Å². The maximum Gasteiger partial charge on any atom is 0.269 e. The van der Waals surface area contributed by atoms with Crippen molar-refractivity contribution >= 4 is 22.6 Å². The number of nitro groups is 1. The zero-order chi connectivity index (χ0) is 16.1. The fourth-order valence-corrected chi connectivity index (χ4v) is 3.42. The monoisotopic (exact) mass is 336 g/mol. The molecule has 2 aliphatic heterocycles. The molecule has 0 aromatic heterocycles. The van der Waals surface area contributed by atoms with Gasteiger partial charge in [0.1, 0.15) is 0 Å². The molecule has 1 atom stereocenters. The predicted octanol–water partition coefficient (Wildman–Crippen LogP) is 2.18. The highest BCUT2D eigenvalue weighted by Crippen LogP contribution is 2.19. The van der Waals surface area contributed by atoms with Crippen molar-refractivity contribution in [2.75, 3.05) is 26.5 Å². The average Bonchev–Trinajstić information content (AvgIpc) is 3.07. The molecule has 7 nitrogen and oxygen atoms in total. The van der Waals surface area contributed by atoms with Gasteiger partial charge in [-0.2, -0.15) is 0 Å². The van der Waals surface area contributed by atoms with Crippen molar-refractivity contribution < 1.29 is 9.66 Å². The van der Waals surface area contributed by atoms with Crippen molar-refractivity contribution in [3.63, 3.8) is 0 Å². The number of hydrogen-bond acceptors (Lipinski definition) is 7. The first-order chi connectivity index (χ1) is 11.2. The zero-order valence-corrected chi connectivity index (χ0v) is 13.6. The summed E-state index contributed by atoms with van der Waals surface area (Å²) in [5, 5.41) is 14.9. The van der Waals surface area contributed by atoms with Crippen LogP contribution >= 0.6 is 11.8 Å². The van der Waals surface area contributed by atoms with E-state index < -0.39 is 0 Å². The number of nitrogens with zero attached hydrogens (tertiary/aromatic N) is 3. The van der Waals surface area contributed by atoms with Gasteiger partial charge in [-0.25, -0.2) is 4.99 Å². The van der Waals surface area contributed by atoms with Crippen molar-refractivity contribution in [2.24, 2.45) is 4.99 Å². The van der Waals surface area contributed by atoms with Crippen LogP contribution in [0, 0.1) is 10.1 Å². The van der Waals surface area contributed by atoms with E-state index in [0.29, 0.717) is 12.8 Å². The maximum absolute atomic E-state index is 10.6. The minimum atomic E-state index is -0.383. The lowest BCUT2D eigenvalue weighted by Crippen LogP contribution is -2.44. The van der Waals surface area contributed by atoms with Gasteiger partial charge in [-0.15, -0.1) is 0 Å². The molecule has 0 bridgehead atoms. The Morgan fingerprint density at radius 1 is 1.43 bits per heavy atom. The van der Waals surface area contributed by atoms with Crippen LogP contribution in [-0.4, -0.2) is 47.6 Å². The standard InChI is InChI=1S/C15H20N4O3S/c20-19(21)13-5-3-12(4-6-13)9-23-15-16-10-18(11-17-15)8-14-2-1-7-22-14/h3-6,14H,1-2,7-11H2,(H,16,17). The van der Waals surface area contributed by atoms with Gasteiger partial charge in [-0.3, -0.25) is 15.0 Å². The van der Waals surface area contributed by atoms with Gasteiger partial charge in [-0.05, 0) is 18.4 Å². The van der Waals surface area contributed by atoms with Gasteiger partial charge >= 0.3 is 0 Å². The summed E-state index contributed by atoms with van der Waals surface area (Å²) in [7, 11) is 0. The highest BCUT2D eigenvalue weighted by molar-refractivity contribution is 8.13. The quantitative estimate of drug-likeness (QED) is 0.656. The molecular formula is C15H20N4O3S. The van der Waals surface area contributed by atoms with E-state index in [0.717, 1.165) is 49.1 Å². The average molecular weight is 336 g/mol. The number of amidine groups is 1. The normalized spacial score (nSPS) is 21.7. The van der Waals surface area contributed by atoms with E-state index in [1.165, 1.54) is 12.1 Å². The highest BCUT2D eigenvalue weighted by Gasteiger charge is 2.21. The number of non-ortho nitro benzene ring substituents is 1. The summed E-state index contributed by atoms with van der Waals surface area (Å²) in [6.45, 7) is 3.28. The lowest BCUT2D eigenvalue weighted by molar-refractivity contribution is -0.384. The molecule has 2 aliphatic rings. The van der Waals surface area contributed by atoms with Gasteiger partial charge in [0.05, 0.1) is 24.4 Å². The fourth-order valence-electron chi connectivity index (χ4n) is 2.61. The molecule has 1 N–H and O–H groups in total. The Morgan fingerprint density at radius 2 is 2.26 bits per heavy atom. The van der Waals surface area contributed by atoms with Crippen molar-refractivity contribution in [2.45, 2.75) is 24.7 Å². The molecule has 0 spiro atoms. The molecular weight excluding hydrogens is 316 g/mol. The second-order valence-electron chi connectivity index (χ2n) is 5.64. The fraction of sp³-hybridized carbons (Fsp3) is 0.533. The third-order valence-electron chi connectivity index (χ3n) is 3.88. The third kappa shape index (κ3) is 4.66. The van der Waals surface area contributed by atoms with E-state index >= 15 is 0 Å². The maximum atomic E-state index is 10.6. The summed E-state index contributed by atoms with van der Waals surface area (Å²) in [6.07, 6.45) is 2.65. The minimum Gasteiger partial charge on any atom is -0.377 e. The molecule has 1 fully saturated rings. The number of thioether (sulfide) groups is 1. The third-order valence-corrected chi connectivity index (χ3v) is 4.90. The zero-order valence-electron chi connectivity index (χ0n) is 12.8. The Labute approximate surface area is 139 Å². The number of nitro benzene ring substituents is 1. The van der Waals surface area contributed by atoms with E-state index in [9.17, 15) is 10.1 Å². The van der Waals surface area contributed by atoms with Crippen molar-refractivity contribution in [3.05, 3.63) is 39.9 Å². The summed E-state index contributed by atoms with van der Waals surface area (Å²) >= 11 is 1.62. The highest BCUT2D eigenvalue weighted by atomic mass is 32.2. The number of aliphatic imine (C=N–C) groups is 1. The minimum absolute atomic E-state index is 0.122. The number of nitrogens with one attached hydrogen (secondary N) is 1. The lowest BCUT2D eigenvalue weighted by Gasteiger charge is -2.28. The Kier molecular flexibility index (Phi) is 5.47. The Balaban J connectivity index is 1.43. The van der Waals surface area contributed by atoms with Crippen LogP contribution in [0.5, 0.6) is 0 Å². The largest absolute Gasteiger partial charge is 0.377 e. The van der Waals surface area contributed by atoms with E-state index in [1.807, 2.05) is 0 Å². The van der Waals surface area contributed by atoms with Crippen LogP contribution in [0.1, 0.15) is 18.4 Å². The van der Waals surface area contributed by atoms with Crippen LogP contribution < -0.4 is 5.32 Å². The lowest BCUT2D eigenvalue weighted by atomic mass is 10.2. The van der Waals surface area contributed by atoms with Crippen molar-refractivity contribution in [1.29, 1.82) is 0 Å². The van der Waals surface area contributed by atoms with E-state index in [1.54, 1.807) is 23.9 Å². The molecule has 0 amide bonds. The Hall–Kier alpha value is -1.64.